The molecule has 0 spiro atoms. The molecule has 30 heavy (non-hydrogen) atoms. The first kappa shape index (κ1) is 22.2. The molecule has 0 bridgehead atoms. The van der Waals surface area contributed by atoms with Crippen molar-refractivity contribution in [3.63, 3.8) is 0 Å². The molecule has 6 nitrogen and oxygen atoms in total. The van der Waals surface area contributed by atoms with Crippen molar-refractivity contribution in [1.82, 2.24) is 9.55 Å². The van der Waals surface area contributed by atoms with Crippen molar-refractivity contribution in [3.05, 3.63) is 75.8 Å². The highest BCUT2D eigenvalue weighted by Gasteiger charge is 2.16. The van der Waals surface area contributed by atoms with Crippen LogP contribution in [-0.4, -0.2) is 34.0 Å². The fourth-order valence-electron chi connectivity index (χ4n) is 2.57. The smallest absolute Gasteiger partial charge is 0.258 e. The van der Waals surface area contributed by atoms with Crippen molar-refractivity contribution in [2.24, 2.45) is 0 Å². The molecular formula is C22H23ClN2O4S. The van der Waals surface area contributed by atoms with Crippen molar-refractivity contribution in [1.29, 1.82) is 0 Å². The van der Waals surface area contributed by atoms with Crippen LogP contribution in [0.4, 0.5) is 0 Å². The largest absolute Gasteiger partial charge is 0.493 e. The van der Waals surface area contributed by atoms with Crippen LogP contribution in [-0.2, 0) is 5.75 Å². The van der Waals surface area contributed by atoms with Crippen LogP contribution in [0.15, 0.2) is 64.7 Å². The van der Waals surface area contributed by atoms with Gasteiger partial charge >= 0.3 is 0 Å². The number of aliphatic hydroxyl groups is 1. The molecule has 1 aromatic heterocycles. The summed E-state index contributed by atoms with van der Waals surface area (Å²) in [5.41, 5.74) is 0.538. The summed E-state index contributed by atoms with van der Waals surface area (Å²) >= 11 is 7.38. The molecule has 8 heteroatoms. The summed E-state index contributed by atoms with van der Waals surface area (Å²) in [4.78, 5) is 17.0. The van der Waals surface area contributed by atoms with Gasteiger partial charge in [0.1, 0.15) is 18.0 Å². The molecule has 3 aromatic rings. The molecule has 0 amide bonds. The number of aromatic nitrogens is 2. The van der Waals surface area contributed by atoms with Gasteiger partial charge in [0.2, 0.25) is 0 Å². The summed E-state index contributed by atoms with van der Waals surface area (Å²) < 4.78 is 12.4. The second-order valence-electron chi connectivity index (χ2n) is 7.29. The number of ether oxygens (including phenoxy) is 2. The van der Waals surface area contributed by atoms with Crippen molar-refractivity contribution in [2.75, 3.05) is 13.7 Å². The molecular weight excluding hydrogens is 424 g/mol. The maximum Gasteiger partial charge on any atom is 0.258 e. The Kier molecular flexibility index (Phi) is 7.07. The molecule has 0 atom stereocenters. The van der Waals surface area contributed by atoms with E-state index in [0.29, 0.717) is 33.0 Å². The highest BCUT2D eigenvalue weighted by atomic mass is 35.5. The van der Waals surface area contributed by atoms with Crippen LogP contribution in [0.5, 0.6) is 11.5 Å². The number of nitrogens with zero attached hydrogens (tertiary/aromatic N) is 2. The van der Waals surface area contributed by atoms with E-state index in [1.807, 2.05) is 24.3 Å². The molecule has 1 N–H and O–H groups in total. The first-order valence-corrected chi connectivity index (χ1v) is 10.6. The van der Waals surface area contributed by atoms with Crippen molar-refractivity contribution < 1.29 is 14.6 Å². The fraction of sp³-hybridized carbons (Fsp3) is 0.273. The van der Waals surface area contributed by atoms with E-state index in [1.54, 1.807) is 32.0 Å². The molecule has 158 valence electrons. The topological polar surface area (TPSA) is 73.6 Å². The van der Waals surface area contributed by atoms with E-state index in [2.05, 4.69) is 4.98 Å². The zero-order valence-corrected chi connectivity index (χ0v) is 18.5. The first-order chi connectivity index (χ1) is 14.2. The van der Waals surface area contributed by atoms with Crippen LogP contribution in [0.1, 0.15) is 19.4 Å². The van der Waals surface area contributed by atoms with Gasteiger partial charge in [-0.05, 0) is 43.7 Å². The lowest BCUT2D eigenvalue weighted by Crippen LogP contribution is -2.28. The number of hydrogen-bond donors (Lipinski definition) is 1. The van der Waals surface area contributed by atoms with Crippen LogP contribution in [0.25, 0.3) is 5.69 Å². The van der Waals surface area contributed by atoms with E-state index in [-0.39, 0.29) is 12.2 Å². The second-order valence-corrected chi connectivity index (χ2v) is 8.72. The van der Waals surface area contributed by atoms with Crippen molar-refractivity contribution >= 4 is 23.4 Å². The molecule has 0 aliphatic carbocycles. The van der Waals surface area contributed by atoms with Crippen LogP contribution in [0.2, 0.25) is 5.02 Å². The van der Waals surface area contributed by atoms with Gasteiger partial charge in [0.15, 0.2) is 11.5 Å². The standard InChI is InChI=1S/C22H23ClN2O4S/c1-22(2,27)13-29-18-9-8-17(10-19(18)28-3)25-14-24-20(11-21(25)26)30-12-15-4-6-16(23)7-5-15/h4-11,14,27H,12-13H2,1-3H3. The minimum absolute atomic E-state index is 0.115. The van der Waals surface area contributed by atoms with E-state index < -0.39 is 5.60 Å². The van der Waals surface area contributed by atoms with Gasteiger partial charge in [0, 0.05) is 22.9 Å². The molecule has 0 saturated heterocycles. The summed E-state index contributed by atoms with van der Waals surface area (Å²) in [5, 5.41) is 11.2. The average molecular weight is 447 g/mol. The predicted molar refractivity (Wildman–Crippen MR) is 119 cm³/mol. The third kappa shape index (κ3) is 6.01. The highest BCUT2D eigenvalue weighted by molar-refractivity contribution is 7.98. The molecule has 3 rings (SSSR count). The monoisotopic (exact) mass is 446 g/mol. The maximum atomic E-state index is 12.6. The van der Waals surface area contributed by atoms with E-state index in [9.17, 15) is 9.90 Å². The molecule has 0 radical (unpaired) electrons. The van der Waals surface area contributed by atoms with Gasteiger partial charge in [0.25, 0.3) is 5.56 Å². The number of hydrogen-bond acceptors (Lipinski definition) is 6. The lowest BCUT2D eigenvalue weighted by atomic mass is 10.2. The minimum Gasteiger partial charge on any atom is -0.493 e. The Morgan fingerprint density at radius 2 is 1.87 bits per heavy atom. The minimum atomic E-state index is -0.968. The van der Waals surface area contributed by atoms with Gasteiger partial charge < -0.3 is 14.6 Å². The first-order valence-electron chi connectivity index (χ1n) is 9.25. The summed E-state index contributed by atoms with van der Waals surface area (Å²) in [6.07, 6.45) is 1.50. The average Bonchev–Trinajstić information content (AvgIpc) is 2.71. The van der Waals surface area contributed by atoms with Crippen LogP contribution < -0.4 is 15.0 Å². The van der Waals surface area contributed by atoms with Gasteiger partial charge in [-0.1, -0.05) is 23.7 Å². The van der Waals surface area contributed by atoms with E-state index in [4.69, 9.17) is 21.1 Å². The summed E-state index contributed by atoms with van der Waals surface area (Å²) in [6, 6.07) is 14.2. The predicted octanol–water partition coefficient (Wildman–Crippen LogP) is 4.34. The van der Waals surface area contributed by atoms with E-state index in [0.717, 1.165) is 5.56 Å². The Morgan fingerprint density at radius 1 is 1.13 bits per heavy atom. The molecule has 2 aromatic carbocycles. The molecule has 0 aliphatic rings. The quantitative estimate of drug-likeness (QED) is 0.410. The zero-order valence-electron chi connectivity index (χ0n) is 17.0. The Labute approximate surface area is 184 Å². The van der Waals surface area contributed by atoms with Gasteiger partial charge in [-0.25, -0.2) is 4.98 Å². The Hall–Kier alpha value is -2.48. The Morgan fingerprint density at radius 3 is 2.50 bits per heavy atom. The molecule has 1 heterocycles. The third-order valence-electron chi connectivity index (χ3n) is 4.09. The van der Waals surface area contributed by atoms with Gasteiger partial charge in [-0.15, -0.1) is 11.8 Å². The second kappa shape index (κ2) is 9.55. The van der Waals surface area contributed by atoms with Crippen LogP contribution >= 0.6 is 23.4 Å². The molecule has 0 unspecified atom stereocenters. The number of benzene rings is 2. The number of thioether (sulfide) groups is 1. The SMILES string of the molecule is COc1cc(-n2cnc(SCc3ccc(Cl)cc3)cc2=O)ccc1OCC(C)(C)O. The van der Waals surface area contributed by atoms with Crippen molar-refractivity contribution in [2.45, 2.75) is 30.2 Å². The third-order valence-corrected chi connectivity index (χ3v) is 5.34. The van der Waals surface area contributed by atoms with E-state index in [1.165, 1.54) is 35.8 Å². The van der Waals surface area contributed by atoms with Gasteiger partial charge in [-0.3, -0.25) is 9.36 Å². The molecule has 0 fully saturated rings. The Bertz CT molecular complexity index is 1060. The van der Waals surface area contributed by atoms with Gasteiger partial charge in [0.05, 0.1) is 18.4 Å². The lowest BCUT2D eigenvalue weighted by Gasteiger charge is -2.19. The van der Waals surface area contributed by atoms with Crippen LogP contribution in [0, 0.1) is 0 Å². The van der Waals surface area contributed by atoms with E-state index >= 15 is 0 Å². The lowest BCUT2D eigenvalue weighted by molar-refractivity contribution is 0.0276. The zero-order chi connectivity index (χ0) is 21.7. The summed E-state index contributed by atoms with van der Waals surface area (Å²) in [5.74, 6) is 1.64. The van der Waals surface area contributed by atoms with Gasteiger partial charge in [-0.2, -0.15) is 0 Å². The highest BCUT2D eigenvalue weighted by Crippen LogP contribution is 2.30. The molecule has 0 aliphatic heterocycles. The van der Waals surface area contributed by atoms with Crippen LogP contribution in [0.3, 0.4) is 0 Å². The normalized spacial score (nSPS) is 11.4. The Balaban J connectivity index is 1.75. The summed E-state index contributed by atoms with van der Waals surface area (Å²) in [6.45, 7) is 3.43. The maximum absolute atomic E-state index is 12.6. The number of methoxy groups -OCH3 is 1. The molecule has 0 saturated carbocycles. The fourth-order valence-corrected chi connectivity index (χ4v) is 3.51. The van der Waals surface area contributed by atoms with Crippen molar-refractivity contribution in [3.8, 4) is 17.2 Å². The summed E-state index contributed by atoms with van der Waals surface area (Å²) in [7, 11) is 1.52. The number of rotatable bonds is 8. The number of halogens is 1.